The molecule has 0 heterocycles. The fraction of sp³-hybridized carbons (Fsp3) is 0.143. The monoisotopic (exact) mass is 456 g/mol. The molecule has 10 heteroatoms. The molecule has 0 saturated carbocycles. The molecular formula is C21H15AlF6O3. The van der Waals surface area contributed by atoms with Crippen LogP contribution in [0.15, 0.2) is 36.4 Å². The molecule has 0 spiro atoms. The Morgan fingerprint density at radius 3 is 1.42 bits per heavy atom. The molecule has 0 fully saturated rings. The molecule has 3 rings (SSSR count). The van der Waals surface area contributed by atoms with E-state index in [9.17, 15) is 17.6 Å². The first-order valence-electron chi connectivity index (χ1n) is 8.81. The van der Waals surface area contributed by atoms with Crippen LogP contribution in [0.1, 0.15) is 0 Å². The van der Waals surface area contributed by atoms with Crippen molar-refractivity contribution in [2.24, 2.45) is 0 Å². The third-order valence-electron chi connectivity index (χ3n) is 4.78. The second-order valence-corrected chi connectivity index (χ2v) is 9.04. The normalized spacial score (nSPS) is 10.7. The molecule has 0 atom stereocenters. The van der Waals surface area contributed by atoms with E-state index in [0.717, 1.165) is 51.7 Å². The zero-order chi connectivity index (χ0) is 22.9. The average molecular weight is 456 g/mol. The summed E-state index contributed by atoms with van der Waals surface area (Å²) in [5, 5.41) is 0. The van der Waals surface area contributed by atoms with E-state index >= 15 is 8.78 Å². The second-order valence-electron chi connectivity index (χ2n) is 6.40. The summed E-state index contributed by atoms with van der Waals surface area (Å²) in [5.74, 6) is -8.43. The number of methoxy groups -OCH3 is 3. The summed E-state index contributed by atoms with van der Waals surface area (Å²) < 4.78 is 101. The van der Waals surface area contributed by atoms with E-state index in [4.69, 9.17) is 14.2 Å². The van der Waals surface area contributed by atoms with Gasteiger partial charge in [-0.1, -0.05) is 4.43 Å². The van der Waals surface area contributed by atoms with Gasteiger partial charge in [0.15, 0.2) is 34.7 Å². The third-order valence-corrected chi connectivity index (χ3v) is 8.06. The van der Waals surface area contributed by atoms with Gasteiger partial charge >= 0.3 is 14.1 Å². The van der Waals surface area contributed by atoms with E-state index in [2.05, 4.69) is 0 Å². The zero-order valence-corrected chi connectivity index (χ0v) is 17.7. The van der Waals surface area contributed by atoms with Crippen molar-refractivity contribution in [3.05, 3.63) is 71.3 Å². The van der Waals surface area contributed by atoms with Gasteiger partial charge in [0.2, 0.25) is 0 Å². The van der Waals surface area contributed by atoms with E-state index in [1.807, 2.05) is 0 Å². The van der Waals surface area contributed by atoms with Crippen LogP contribution in [0.25, 0.3) is 0 Å². The zero-order valence-electron chi connectivity index (χ0n) is 16.5. The van der Waals surface area contributed by atoms with Gasteiger partial charge in [0.1, 0.15) is 17.5 Å². The van der Waals surface area contributed by atoms with Crippen molar-refractivity contribution in [3.63, 3.8) is 0 Å². The Bertz CT molecular complexity index is 1080. The molecule has 0 N–H and O–H groups in total. The first-order valence-corrected chi connectivity index (χ1v) is 10.5. The van der Waals surface area contributed by atoms with Crippen LogP contribution in [0.5, 0.6) is 17.2 Å². The van der Waals surface area contributed by atoms with Crippen molar-refractivity contribution < 1.29 is 40.6 Å². The van der Waals surface area contributed by atoms with Crippen LogP contribution in [-0.4, -0.2) is 35.5 Å². The Hall–Kier alpha value is -2.83. The van der Waals surface area contributed by atoms with Gasteiger partial charge in [-0.25, -0.2) is 26.3 Å². The number of hydrogen-bond donors (Lipinski definition) is 0. The van der Waals surface area contributed by atoms with Crippen LogP contribution < -0.4 is 27.5 Å². The van der Waals surface area contributed by atoms with Gasteiger partial charge in [-0.05, 0) is 39.2 Å². The lowest BCUT2D eigenvalue weighted by Gasteiger charge is -2.20. The maximum atomic E-state index is 15.2. The predicted octanol–water partition coefficient (Wildman–Crippen LogP) is 3.06. The number of ether oxygens (including phenoxy) is 3. The van der Waals surface area contributed by atoms with Crippen molar-refractivity contribution in [1.82, 2.24) is 0 Å². The van der Waals surface area contributed by atoms with Gasteiger partial charge in [0, 0.05) is 6.07 Å². The van der Waals surface area contributed by atoms with Crippen molar-refractivity contribution in [2.45, 2.75) is 0 Å². The first-order chi connectivity index (χ1) is 14.7. The van der Waals surface area contributed by atoms with E-state index in [0.29, 0.717) is 6.07 Å². The van der Waals surface area contributed by atoms with E-state index < -0.39 is 79.6 Å². The number of hydrogen-bond acceptors (Lipinski definition) is 3. The van der Waals surface area contributed by atoms with Gasteiger partial charge in [-0.3, -0.25) is 0 Å². The highest BCUT2D eigenvalue weighted by Gasteiger charge is 2.40. The fourth-order valence-corrected chi connectivity index (χ4v) is 6.44. The first kappa shape index (κ1) is 22.8. The largest absolute Gasteiger partial charge is 0.494 e. The smallest absolute Gasteiger partial charge is 0.407 e. The molecule has 3 nitrogen and oxygen atoms in total. The minimum Gasteiger partial charge on any atom is -0.494 e. The van der Waals surface area contributed by atoms with Crippen molar-refractivity contribution in [3.8, 4) is 17.2 Å². The van der Waals surface area contributed by atoms with Gasteiger partial charge < -0.3 is 14.2 Å². The molecule has 0 aliphatic heterocycles. The summed E-state index contributed by atoms with van der Waals surface area (Å²) in [6.45, 7) is 0. The molecular weight excluding hydrogens is 441 g/mol. The molecule has 0 saturated heterocycles. The molecule has 0 aliphatic carbocycles. The lowest BCUT2D eigenvalue weighted by molar-refractivity contribution is 0.384. The standard InChI is InChI=1S/3C7H5F2O.Al/c3*1-10-7-3-2-5(8)4-6(7)9;/h3-4H,1H3;2*2-3H,1H3;. The lowest BCUT2D eigenvalue weighted by atomic mass is 10.3. The van der Waals surface area contributed by atoms with Crippen LogP contribution in [0, 0.1) is 34.9 Å². The maximum absolute atomic E-state index is 15.2. The van der Waals surface area contributed by atoms with Gasteiger partial charge in [-0.2, -0.15) is 0 Å². The highest BCUT2D eigenvalue weighted by atomic mass is 27.2. The van der Waals surface area contributed by atoms with Crippen molar-refractivity contribution in [1.29, 1.82) is 0 Å². The Balaban J connectivity index is 2.47. The molecule has 0 radical (unpaired) electrons. The van der Waals surface area contributed by atoms with Crippen LogP contribution >= 0.6 is 0 Å². The minimum absolute atomic E-state index is 0.410. The van der Waals surface area contributed by atoms with E-state index in [1.165, 1.54) is 0 Å². The number of rotatable bonds is 6. The molecule has 162 valence electrons. The molecule has 0 bridgehead atoms. The van der Waals surface area contributed by atoms with Crippen LogP contribution in [0.2, 0.25) is 0 Å². The Morgan fingerprint density at radius 1 is 0.548 bits per heavy atom. The Morgan fingerprint density at radius 2 is 1.00 bits per heavy atom. The summed E-state index contributed by atoms with van der Waals surface area (Å²) in [5.41, 5.74) is 0. The second kappa shape index (κ2) is 9.12. The van der Waals surface area contributed by atoms with Gasteiger partial charge in [-0.15, -0.1) is 0 Å². The van der Waals surface area contributed by atoms with Crippen LogP contribution in [-0.2, 0) is 0 Å². The highest BCUT2D eigenvalue weighted by Crippen LogP contribution is 2.22. The van der Waals surface area contributed by atoms with Crippen LogP contribution in [0.3, 0.4) is 0 Å². The molecule has 3 aromatic carbocycles. The predicted molar refractivity (Wildman–Crippen MR) is 103 cm³/mol. The molecule has 0 aromatic heterocycles. The van der Waals surface area contributed by atoms with E-state index in [1.54, 1.807) is 0 Å². The fourth-order valence-electron chi connectivity index (χ4n) is 3.32. The third kappa shape index (κ3) is 4.05. The molecule has 31 heavy (non-hydrogen) atoms. The van der Waals surface area contributed by atoms with Crippen LogP contribution in [0.4, 0.5) is 26.3 Å². The summed E-state index contributed by atoms with van der Waals surface area (Å²) in [6.07, 6.45) is 0. The maximum Gasteiger partial charge on any atom is 0.407 e. The van der Waals surface area contributed by atoms with Gasteiger partial charge in [0.05, 0.1) is 21.3 Å². The number of benzene rings is 3. The van der Waals surface area contributed by atoms with Crippen molar-refractivity contribution in [2.75, 3.05) is 21.3 Å². The molecule has 3 aromatic rings. The Labute approximate surface area is 178 Å². The van der Waals surface area contributed by atoms with Gasteiger partial charge in [0.25, 0.3) is 0 Å². The lowest BCUT2D eigenvalue weighted by Crippen LogP contribution is -2.58. The summed E-state index contributed by atoms with van der Waals surface area (Å²) >= 11 is -3.93. The summed E-state index contributed by atoms with van der Waals surface area (Å²) in [6, 6.07) is 4.93. The van der Waals surface area contributed by atoms with Crippen molar-refractivity contribution >= 4 is 27.4 Å². The minimum atomic E-state index is -3.93. The summed E-state index contributed by atoms with van der Waals surface area (Å²) in [4.78, 5) is 0. The molecule has 0 aliphatic rings. The highest BCUT2D eigenvalue weighted by molar-refractivity contribution is 6.95. The summed E-state index contributed by atoms with van der Waals surface area (Å²) in [7, 11) is 3.33. The SMILES string of the molecule is COc1c[c]([Al]([c]2c(F)ccc(OC)c2F)[c]2c(F)ccc(OC)c2F)c(F)cc1F. The quantitative estimate of drug-likeness (QED) is 0.422. The van der Waals surface area contributed by atoms with E-state index in [-0.39, 0.29) is 0 Å². The Kier molecular flexibility index (Phi) is 6.72. The molecule has 0 amide bonds. The molecule has 0 unspecified atom stereocenters. The average Bonchev–Trinajstić information content (AvgIpc) is 2.73. The topological polar surface area (TPSA) is 27.7 Å². The number of halogens is 6.